The Morgan fingerprint density at radius 2 is 2.00 bits per heavy atom. The first-order valence-electron chi connectivity index (χ1n) is 4.92. The maximum Gasteiger partial charge on any atom is 0.331 e. The van der Waals surface area contributed by atoms with E-state index in [4.69, 9.17) is 0 Å². The van der Waals surface area contributed by atoms with Crippen molar-refractivity contribution in [3.8, 4) is 0 Å². The molecule has 0 saturated carbocycles. The lowest BCUT2D eigenvalue weighted by Crippen LogP contribution is -2.12. The Balaban J connectivity index is 4.96. The fraction of sp³-hybridized carbons (Fsp3) is 0.600. The number of allylic oxidation sites excluding steroid dienone is 1. The first-order valence-corrected chi connectivity index (χ1v) is 6.58. The summed E-state index contributed by atoms with van der Waals surface area (Å²) in [7, 11) is -2.34. The molecule has 0 aromatic carbocycles. The molecule has 0 bridgehead atoms. The summed E-state index contributed by atoms with van der Waals surface area (Å²) in [5.74, 6) is -0.961. The highest BCUT2D eigenvalue weighted by atomic mass is 32.2. The number of rotatable bonds is 7. The van der Waals surface area contributed by atoms with Crippen molar-refractivity contribution >= 4 is 22.1 Å². The predicted octanol–water partition coefficient (Wildman–Crippen LogP) is 0.847. The Hall–Kier alpha value is -1.17. The van der Waals surface area contributed by atoms with Crippen molar-refractivity contribution in [2.24, 2.45) is 0 Å². The number of esters is 1. The van der Waals surface area contributed by atoms with Gasteiger partial charge in [-0.1, -0.05) is 13.3 Å². The third-order valence-corrected chi connectivity index (χ3v) is 3.77. The second kappa shape index (κ2) is 7.16. The van der Waals surface area contributed by atoms with Crippen LogP contribution in [0.2, 0.25) is 0 Å². The summed E-state index contributed by atoms with van der Waals surface area (Å²) in [6, 6.07) is 0. The highest BCUT2D eigenvalue weighted by Crippen LogP contribution is 2.15. The van der Waals surface area contributed by atoms with Gasteiger partial charge in [-0.15, -0.1) is 0 Å². The summed E-state index contributed by atoms with van der Waals surface area (Å²) in [5, 5.41) is 0. The number of carbonyl (C=O) groups is 2. The molecule has 0 radical (unpaired) electrons. The van der Waals surface area contributed by atoms with Gasteiger partial charge in [0.2, 0.25) is 0 Å². The van der Waals surface area contributed by atoms with Crippen LogP contribution in [-0.4, -0.2) is 33.5 Å². The molecule has 0 aliphatic carbocycles. The largest absolute Gasteiger partial charge is 0.466 e. The van der Waals surface area contributed by atoms with Crippen molar-refractivity contribution in [3.63, 3.8) is 0 Å². The topological polar surface area (TPSA) is 77.5 Å². The Morgan fingerprint density at radius 3 is 2.44 bits per heavy atom. The number of hydrogen-bond donors (Lipinski definition) is 0. The highest BCUT2D eigenvalue weighted by molar-refractivity contribution is 7.95. The molecule has 0 unspecified atom stereocenters. The van der Waals surface area contributed by atoms with Crippen LogP contribution in [0.15, 0.2) is 11.0 Å². The Morgan fingerprint density at radius 1 is 1.38 bits per heavy atom. The normalized spacial score (nSPS) is 12.2. The summed E-state index contributed by atoms with van der Waals surface area (Å²) in [6.45, 7) is 1.81. The molecule has 6 heteroatoms. The average molecular weight is 248 g/mol. The fourth-order valence-corrected chi connectivity index (χ4v) is 2.55. The van der Waals surface area contributed by atoms with Gasteiger partial charge in [-0.3, -0.25) is 0 Å². The van der Waals surface area contributed by atoms with E-state index in [2.05, 4.69) is 4.74 Å². The van der Waals surface area contributed by atoms with Crippen molar-refractivity contribution in [1.29, 1.82) is 0 Å². The molecule has 0 fully saturated rings. The van der Waals surface area contributed by atoms with Gasteiger partial charge in [0.15, 0.2) is 9.84 Å². The van der Waals surface area contributed by atoms with Crippen LogP contribution in [0.1, 0.15) is 26.2 Å². The van der Waals surface area contributed by atoms with E-state index in [9.17, 15) is 18.0 Å². The van der Waals surface area contributed by atoms with Crippen LogP contribution in [0, 0.1) is 0 Å². The molecule has 0 amide bonds. The summed E-state index contributed by atoms with van der Waals surface area (Å²) < 4.78 is 27.8. The lowest BCUT2D eigenvalue weighted by molar-refractivity contribution is -0.134. The molecule has 0 rings (SSSR count). The van der Waals surface area contributed by atoms with Crippen LogP contribution in [0.25, 0.3) is 0 Å². The SMILES string of the molecule is CCC/C(=C\C(=O)OC)S(=O)(=O)CCC=O. The van der Waals surface area contributed by atoms with Crippen LogP contribution < -0.4 is 0 Å². The summed E-state index contributed by atoms with van der Waals surface area (Å²) in [6.07, 6.45) is 2.33. The van der Waals surface area contributed by atoms with E-state index in [0.29, 0.717) is 12.7 Å². The van der Waals surface area contributed by atoms with Gasteiger partial charge in [-0.25, -0.2) is 13.2 Å². The van der Waals surface area contributed by atoms with E-state index in [-0.39, 0.29) is 23.5 Å². The van der Waals surface area contributed by atoms with Crippen molar-refractivity contribution in [3.05, 3.63) is 11.0 Å². The fourth-order valence-electron chi connectivity index (χ4n) is 1.09. The van der Waals surface area contributed by atoms with Gasteiger partial charge in [0.05, 0.1) is 17.8 Å². The van der Waals surface area contributed by atoms with Crippen LogP contribution in [-0.2, 0) is 24.2 Å². The molecule has 92 valence electrons. The number of hydrogen-bond acceptors (Lipinski definition) is 5. The smallest absolute Gasteiger partial charge is 0.331 e. The molecule has 0 heterocycles. The van der Waals surface area contributed by atoms with Crippen LogP contribution >= 0.6 is 0 Å². The number of carbonyl (C=O) groups excluding carboxylic acids is 2. The minimum Gasteiger partial charge on any atom is -0.466 e. The molecule has 0 aromatic rings. The maximum atomic E-state index is 11.7. The molecular formula is C10H16O5S. The van der Waals surface area contributed by atoms with Crippen LogP contribution in [0.4, 0.5) is 0 Å². The van der Waals surface area contributed by atoms with Crippen molar-refractivity contribution in [2.45, 2.75) is 26.2 Å². The van der Waals surface area contributed by atoms with Crippen LogP contribution in [0.3, 0.4) is 0 Å². The minimum atomic E-state index is -3.52. The third-order valence-electron chi connectivity index (χ3n) is 1.88. The second-order valence-corrected chi connectivity index (χ2v) is 5.32. The lowest BCUT2D eigenvalue weighted by atomic mass is 10.3. The molecule has 5 nitrogen and oxygen atoms in total. The Kier molecular flexibility index (Phi) is 6.64. The van der Waals surface area contributed by atoms with E-state index in [1.807, 2.05) is 0 Å². The van der Waals surface area contributed by atoms with Gasteiger partial charge in [-0.05, 0) is 6.42 Å². The maximum absolute atomic E-state index is 11.7. The molecule has 0 spiro atoms. The molecule has 0 atom stereocenters. The minimum absolute atomic E-state index is 0.0312. The van der Waals surface area contributed by atoms with Crippen molar-refractivity contribution in [1.82, 2.24) is 0 Å². The summed E-state index contributed by atoms with van der Waals surface area (Å²) in [5.41, 5.74) is 0. The number of aldehydes is 1. The van der Waals surface area contributed by atoms with E-state index in [0.717, 1.165) is 6.08 Å². The molecule has 0 aliphatic heterocycles. The van der Waals surface area contributed by atoms with E-state index in [1.54, 1.807) is 6.92 Å². The van der Waals surface area contributed by atoms with E-state index < -0.39 is 15.8 Å². The predicted molar refractivity (Wildman–Crippen MR) is 59.5 cm³/mol. The molecule has 0 aliphatic rings. The van der Waals surface area contributed by atoms with E-state index in [1.165, 1.54) is 7.11 Å². The van der Waals surface area contributed by atoms with E-state index >= 15 is 0 Å². The lowest BCUT2D eigenvalue weighted by Gasteiger charge is -2.06. The average Bonchev–Trinajstić information content (AvgIpc) is 2.25. The zero-order chi connectivity index (χ0) is 12.6. The Bertz CT molecular complexity index is 367. The van der Waals surface area contributed by atoms with Crippen molar-refractivity contribution < 1.29 is 22.7 Å². The quantitative estimate of drug-likeness (QED) is 0.379. The Labute approximate surface area is 95.4 Å². The number of ether oxygens (including phenoxy) is 1. The van der Waals surface area contributed by atoms with Gasteiger partial charge in [-0.2, -0.15) is 0 Å². The molecule has 0 aromatic heterocycles. The first kappa shape index (κ1) is 14.8. The second-order valence-electron chi connectivity index (χ2n) is 3.16. The van der Waals surface area contributed by atoms with Gasteiger partial charge in [0.25, 0.3) is 0 Å². The molecule has 0 N–H and O–H groups in total. The van der Waals surface area contributed by atoms with Gasteiger partial charge >= 0.3 is 5.97 Å². The standard InChI is InChI=1S/C10H16O5S/c1-3-5-9(8-10(12)15-2)16(13,14)7-4-6-11/h6,8H,3-5,7H2,1-2H3/b9-8+. The zero-order valence-corrected chi connectivity index (χ0v) is 10.2. The monoisotopic (exact) mass is 248 g/mol. The van der Waals surface area contributed by atoms with Crippen LogP contribution in [0.5, 0.6) is 0 Å². The van der Waals surface area contributed by atoms with Crippen molar-refractivity contribution in [2.75, 3.05) is 12.9 Å². The number of methoxy groups -OCH3 is 1. The highest BCUT2D eigenvalue weighted by Gasteiger charge is 2.18. The molecule has 0 saturated heterocycles. The summed E-state index contributed by atoms with van der Waals surface area (Å²) in [4.78, 5) is 21.2. The van der Waals surface area contributed by atoms with Gasteiger partial charge in [0, 0.05) is 12.5 Å². The molecule has 16 heavy (non-hydrogen) atoms. The zero-order valence-electron chi connectivity index (χ0n) is 9.43. The molecular weight excluding hydrogens is 232 g/mol. The third kappa shape index (κ3) is 5.06. The van der Waals surface area contributed by atoms with Gasteiger partial charge in [0.1, 0.15) is 6.29 Å². The number of sulfone groups is 1. The van der Waals surface area contributed by atoms with Gasteiger partial charge < -0.3 is 9.53 Å². The summed E-state index contributed by atoms with van der Waals surface area (Å²) >= 11 is 0. The first-order chi connectivity index (χ1) is 7.47.